The number of rotatable bonds is 12. The monoisotopic (exact) mass is 451 g/mol. The van der Waals surface area contributed by atoms with Gasteiger partial charge in [0.25, 0.3) is 0 Å². The summed E-state index contributed by atoms with van der Waals surface area (Å²) in [6.45, 7) is 2.55. The van der Waals surface area contributed by atoms with E-state index in [1.54, 1.807) is 30.3 Å². The van der Waals surface area contributed by atoms with Gasteiger partial charge < -0.3 is 37.6 Å². The molecular weight excluding hydrogens is 422 g/mol. The number of nitrogens with two attached hydrogens (primary N) is 2. The maximum Gasteiger partial charge on any atom is 0.328 e. The normalized spacial score (nSPS) is 15.4. The van der Waals surface area contributed by atoms with Crippen LogP contribution in [-0.4, -0.2) is 70.1 Å². The van der Waals surface area contributed by atoms with Gasteiger partial charge in [0.2, 0.25) is 23.6 Å². The van der Waals surface area contributed by atoms with E-state index in [1.165, 1.54) is 13.8 Å². The SMILES string of the molecule is CC(NC(=O)C(N)CC(N)=O)C(=O)NC(Cc1ccccc1)C(=O)NC(C(=O)O)C(C)O. The molecule has 0 bridgehead atoms. The van der Waals surface area contributed by atoms with Gasteiger partial charge in [-0.05, 0) is 19.4 Å². The van der Waals surface area contributed by atoms with Gasteiger partial charge in [0.1, 0.15) is 12.1 Å². The second-order valence-corrected chi connectivity index (χ2v) is 7.32. The first kappa shape index (κ1) is 26.5. The summed E-state index contributed by atoms with van der Waals surface area (Å²) in [4.78, 5) is 59.5. The van der Waals surface area contributed by atoms with E-state index < -0.39 is 66.3 Å². The van der Waals surface area contributed by atoms with E-state index in [0.29, 0.717) is 5.56 Å². The van der Waals surface area contributed by atoms with Gasteiger partial charge in [0.15, 0.2) is 6.04 Å². The van der Waals surface area contributed by atoms with Gasteiger partial charge in [-0.3, -0.25) is 19.2 Å². The van der Waals surface area contributed by atoms with E-state index >= 15 is 0 Å². The highest BCUT2D eigenvalue weighted by atomic mass is 16.4. The fraction of sp³-hybridized carbons (Fsp3) is 0.450. The van der Waals surface area contributed by atoms with Crippen molar-refractivity contribution < 1.29 is 34.2 Å². The van der Waals surface area contributed by atoms with Crippen LogP contribution in [-0.2, 0) is 30.4 Å². The molecule has 0 aliphatic carbocycles. The van der Waals surface area contributed by atoms with Crippen LogP contribution >= 0.6 is 0 Å². The van der Waals surface area contributed by atoms with Gasteiger partial charge in [-0.25, -0.2) is 4.79 Å². The van der Waals surface area contributed by atoms with Gasteiger partial charge >= 0.3 is 5.97 Å². The molecule has 1 aromatic rings. The van der Waals surface area contributed by atoms with E-state index in [-0.39, 0.29) is 6.42 Å². The average molecular weight is 451 g/mol. The van der Waals surface area contributed by atoms with E-state index in [1.807, 2.05) is 0 Å². The van der Waals surface area contributed by atoms with Gasteiger partial charge in [-0.1, -0.05) is 30.3 Å². The molecule has 12 nitrogen and oxygen atoms in total. The largest absolute Gasteiger partial charge is 0.480 e. The van der Waals surface area contributed by atoms with Crippen molar-refractivity contribution in [3.63, 3.8) is 0 Å². The Hall–Kier alpha value is -3.51. The number of primary amides is 1. The van der Waals surface area contributed by atoms with Crippen molar-refractivity contribution in [2.45, 2.75) is 57.0 Å². The standard InChI is InChI=1S/C20H29N5O7/c1-10(23-18(29)13(21)9-15(22)27)17(28)24-14(8-12-6-4-3-5-7-12)19(30)25-16(11(2)26)20(31)32/h3-7,10-11,13-14,16,26H,8-9,21H2,1-2H3,(H2,22,27)(H,23,29)(H,24,28)(H,25,30)(H,31,32). The van der Waals surface area contributed by atoms with Crippen LogP contribution in [0.2, 0.25) is 0 Å². The topological polar surface area (TPSA) is 214 Å². The highest BCUT2D eigenvalue weighted by molar-refractivity contribution is 5.95. The molecule has 0 aliphatic rings. The van der Waals surface area contributed by atoms with Crippen LogP contribution in [0.25, 0.3) is 0 Å². The summed E-state index contributed by atoms with van der Waals surface area (Å²) in [5.74, 6) is -4.59. The number of carboxylic acids is 1. The van der Waals surface area contributed by atoms with Crippen LogP contribution < -0.4 is 27.4 Å². The van der Waals surface area contributed by atoms with Crippen molar-refractivity contribution in [3.05, 3.63) is 35.9 Å². The number of amides is 4. The predicted octanol–water partition coefficient (Wildman–Crippen LogP) is -2.63. The Morgan fingerprint density at radius 1 is 0.938 bits per heavy atom. The third-order valence-electron chi connectivity index (χ3n) is 4.47. The maximum atomic E-state index is 12.7. The minimum absolute atomic E-state index is 0.0203. The Bertz CT molecular complexity index is 831. The third-order valence-corrected chi connectivity index (χ3v) is 4.47. The van der Waals surface area contributed by atoms with Crippen LogP contribution in [0, 0.1) is 0 Å². The van der Waals surface area contributed by atoms with Crippen molar-refractivity contribution >= 4 is 29.6 Å². The predicted molar refractivity (Wildman–Crippen MR) is 113 cm³/mol. The molecule has 5 unspecified atom stereocenters. The highest BCUT2D eigenvalue weighted by Gasteiger charge is 2.31. The number of aliphatic carboxylic acids is 1. The molecule has 12 heteroatoms. The van der Waals surface area contributed by atoms with E-state index in [2.05, 4.69) is 16.0 Å². The summed E-state index contributed by atoms with van der Waals surface area (Å²) < 4.78 is 0. The second kappa shape index (κ2) is 12.4. The Morgan fingerprint density at radius 3 is 2.03 bits per heavy atom. The molecule has 4 amide bonds. The second-order valence-electron chi connectivity index (χ2n) is 7.32. The lowest BCUT2D eigenvalue weighted by Crippen LogP contribution is -2.58. The molecular formula is C20H29N5O7. The number of aliphatic hydroxyl groups is 1. The number of benzene rings is 1. The number of nitrogens with one attached hydrogen (secondary N) is 3. The van der Waals surface area contributed by atoms with Crippen LogP contribution in [0.1, 0.15) is 25.8 Å². The molecule has 176 valence electrons. The Morgan fingerprint density at radius 2 is 1.53 bits per heavy atom. The molecule has 0 spiro atoms. The minimum atomic E-state index is -1.58. The maximum absolute atomic E-state index is 12.7. The molecule has 0 radical (unpaired) electrons. The summed E-state index contributed by atoms with van der Waals surface area (Å²) in [5, 5.41) is 25.8. The van der Waals surface area contributed by atoms with Crippen molar-refractivity contribution in [2.75, 3.05) is 0 Å². The summed E-state index contributed by atoms with van der Waals surface area (Å²) in [5.41, 5.74) is 11.2. The Labute approximate surface area is 184 Å². The van der Waals surface area contributed by atoms with Gasteiger partial charge in [-0.15, -0.1) is 0 Å². The van der Waals surface area contributed by atoms with Crippen molar-refractivity contribution in [2.24, 2.45) is 11.5 Å². The molecule has 1 rings (SSSR count). The molecule has 5 atom stereocenters. The molecule has 0 fully saturated rings. The lowest BCUT2D eigenvalue weighted by molar-refractivity contribution is -0.145. The minimum Gasteiger partial charge on any atom is -0.480 e. The molecule has 0 aromatic heterocycles. The summed E-state index contributed by atoms with van der Waals surface area (Å²) in [7, 11) is 0. The van der Waals surface area contributed by atoms with Gasteiger partial charge in [0.05, 0.1) is 18.6 Å². The molecule has 32 heavy (non-hydrogen) atoms. The lowest BCUT2D eigenvalue weighted by Gasteiger charge is -2.24. The van der Waals surface area contributed by atoms with Crippen LogP contribution in [0.4, 0.5) is 0 Å². The first-order valence-electron chi connectivity index (χ1n) is 9.82. The fourth-order valence-electron chi connectivity index (χ4n) is 2.69. The van der Waals surface area contributed by atoms with E-state index in [9.17, 15) is 34.2 Å². The first-order chi connectivity index (χ1) is 14.9. The van der Waals surface area contributed by atoms with E-state index in [4.69, 9.17) is 11.5 Å². The smallest absolute Gasteiger partial charge is 0.328 e. The molecule has 9 N–H and O–H groups in total. The molecule has 1 aromatic carbocycles. The Balaban J connectivity index is 2.93. The lowest BCUT2D eigenvalue weighted by atomic mass is 10.0. The van der Waals surface area contributed by atoms with Crippen LogP contribution in [0.3, 0.4) is 0 Å². The van der Waals surface area contributed by atoms with Crippen molar-refractivity contribution in [1.29, 1.82) is 0 Å². The number of carbonyl (C=O) groups excluding carboxylic acids is 4. The summed E-state index contributed by atoms with van der Waals surface area (Å²) in [6, 6.07) is 3.49. The van der Waals surface area contributed by atoms with Gasteiger partial charge in [0, 0.05) is 6.42 Å². The number of carboxylic acid groups (broad SMARTS) is 1. The highest BCUT2D eigenvalue weighted by Crippen LogP contribution is 2.05. The fourth-order valence-corrected chi connectivity index (χ4v) is 2.69. The molecule has 0 aliphatic heterocycles. The van der Waals surface area contributed by atoms with Crippen molar-refractivity contribution in [1.82, 2.24) is 16.0 Å². The zero-order chi connectivity index (χ0) is 24.4. The third kappa shape index (κ3) is 8.70. The van der Waals surface area contributed by atoms with Crippen LogP contribution in [0.15, 0.2) is 30.3 Å². The number of carbonyl (C=O) groups is 5. The average Bonchev–Trinajstić information content (AvgIpc) is 2.70. The number of hydrogen-bond donors (Lipinski definition) is 7. The molecule has 0 saturated heterocycles. The van der Waals surface area contributed by atoms with Crippen LogP contribution in [0.5, 0.6) is 0 Å². The molecule has 0 saturated carbocycles. The Kier molecular flexibility index (Phi) is 10.3. The zero-order valence-electron chi connectivity index (χ0n) is 17.8. The first-order valence-corrected chi connectivity index (χ1v) is 9.82. The zero-order valence-corrected chi connectivity index (χ0v) is 17.8. The number of aliphatic hydroxyl groups excluding tert-OH is 1. The number of hydrogen-bond acceptors (Lipinski definition) is 7. The van der Waals surface area contributed by atoms with Gasteiger partial charge in [-0.2, -0.15) is 0 Å². The summed E-state index contributed by atoms with van der Waals surface area (Å²) >= 11 is 0. The molecule has 0 heterocycles. The van der Waals surface area contributed by atoms with E-state index in [0.717, 1.165) is 0 Å². The van der Waals surface area contributed by atoms with Crippen molar-refractivity contribution in [3.8, 4) is 0 Å². The summed E-state index contributed by atoms with van der Waals surface area (Å²) in [6.07, 6.45) is -1.77. The quantitative estimate of drug-likeness (QED) is 0.178.